The number of ether oxygens (including phenoxy) is 2. The number of pyridine rings is 2. The van der Waals surface area contributed by atoms with Crippen LogP contribution in [0.3, 0.4) is 0 Å². The van der Waals surface area contributed by atoms with Gasteiger partial charge in [-0.2, -0.15) is 0 Å². The van der Waals surface area contributed by atoms with Crippen molar-refractivity contribution in [1.82, 2.24) is 14.9 Å². The summed E-state index contributed by atoms with van der Waals surface area (Å²) in [4.78, 5) is 10.9. The Labute approximate surface area is 149 Å². The zero-order chi connectivity index (χ0) is 17.0. The molecule has 0 spiro atoms. The molecule has 2 fully saturated rings. The lowest BCUT2D eigenvalue weighted by atomic mass is 9.73. The quantitative estimate of drug-likeness (QED) is 0.838. The number of hydrogen-bond acceptors (Lipinski definition) is 5. The van der Waals surface area contributed by atoms with Crippen molar-refractivity contribution >= 4 is 0 Å². The first-order valence-corrected chi connectivity index (χ1v) is 9.10. The molecule has 2 aliphatic heterocycles. The highest BCUT2D eigenvalue weighted by atomic mass is 16.5. The van der Waals surface area contributed by atoms with Gasteiger partial charge in [-0.05, 0) is 43.0 Å². The molecule has 0 unspecified atom stereocenters. The summed E-state index contributed by atoms with van der Waals surface area (Å²) in [7, 11) is 0. The lowest BCUT2D eigenvalue weighted by Crippen LogP contribution is -2.57. The van der Waals surface area contributed by atoms with Gasteiger partial charge in [-0.25, -0.2) is 0 Å². The molecule has 0 aromatic carbocycles. The third-order valence-corrected chi connectivity index (χ3v) is 5.36. The Bertz CT molecular complexity index is 667. The fraction of sp³-hybridized carbons (Fsp3) is 0.500. The highest BCUT2D eigenvalue weighted by Gasteiger charge is 2.46. The predicted molar refractivity (Wildman–Crippen MR) is 95.3 cm³/mol. The Kier molecular flexibility index (Phi) is 4.95. The highest BCUT2D eigenvalue weighted by Crippen LogP contribution is 2.41. The summed E-state index contributed by atoms with van der Waals surface area (Å²) in [5.41, 5.74) is 1.33. The van der Waals surface area contributed by atoms with Gasteiger partial charge in [0.15, 0.2) is 0 Å². The SMILES string of the molecule is c1cncc(CN2CC[C@@H]3OCCC[C@@]3(COc3cccnc3)C2)c1. The van der Waals surface area contributed by atoms with E-state index in [0.29, 0.717) is 12.7 Å². The molecule has 2 aromatic heterocycles. The third kappa shape index (κ3) is 3.83. The van der Waals surface area contributed by atoms with Crippen LogP contribution in [0.4, 0.5) is 0 Å². The Morgan fingerprint density at radius 1 is 1.20 bits per heavy atom. The second-order valence-electron chi connectivity index (χ2n) is 7.16. The van der Waals surface area contributed by atoms with Gasteiger partial charge in [0.1, 0.15) is 5.75 Å². The molecular weight excluding hydrogens is 314 g/mol. The maximum absolute atomic E-state index is 6.14. The van der Waals surface area contributed by atoms with E-state index >= 15 is 0 Å². The third-order valence-electron chi connectivity index (χ3n) is 5.36. The molecule has 0 aliphatic carbocycles. The summed E-state index contributed by atoms with van der Waals surface area (Å²) >= 11 is 0. The van der Waals surface area contributed by atoms with Crippen molar-refractivity contribution in [3.8, 4) is 5.75 Å². The number of aromatic nitrogens is 2. The number of likely N-dealkylation sites (tertiary alicyclic amines) is 1. The van der Waals surface area contributed by atoms with Gasteiger partial charge in [0.2, 0.25) is 0 Å². The van der Waals surface area contributed by atoms with Crippen LogP contribution in [0.25, 0.3) is 0 Å². The van der Waals surface area contributed by atoms with Gasteiger partial charge in [0, 0.05) is 50.2 Å². The summed E-state index contributed by atoms with van der Waals surface area (Å²) in [6.45, 7) is 4.57. The number of fused-ring (bicyclic) bond motifs is 1. The molecule has 0 N–H and O–H groups in total. The Morgan fingerprint density at radius 2 is 2.08 bits per heavy atom. The summed E-state index contributed by atoms with van der Waals surface area (Å²) < 4.78 is 12.3. The van der Waals surface area contributed by atoms with E-state index in [1.807, 2.05) is 30.6 Å². The average molecular weight is 339 g/mol. The molecule has 5 nitrogen and oxygen atoms in total. The molecule has 2 aromatic rings. The van der Waals surface area contributed by atoms with E-state index in [2.05, 4.69) is 20.9 Å². The first-order valence-electron chi connectivity index (χ1n) is 9.10. The Morgan fingerprint density at radius 3 is 2.88 bits per heavy atom. The van der Waals surface area contributed by atoms with Crippen molar-refractivity contribution < 1.29 is 9.47 Å². The molecule has 2 saturated heterocycles. The number of hydrogen-bond donors (Lipinski definition) is 0. The zero-order valence-electron chi connectivity index (χ0n) is 14.5. The van der Waals surface area contributed by atoms with Crippen molar-refractivity contribution in [2.45, 2.75) is 31.9 Å². The van der Waals surface area contributed by atoms with E-state index < -0.39 is 0 Å². The first kappa shape index (κ1) is 16.5. The molecule has 0 amide bonds. The Hall–Kier alpha value is -1.98. The molecule has 132 valence electrons. The summed E-state index contributed by atoms with van der Waals surface area (Å²) in [6.07, 6.45) is 11.0. The van der Waals surface area contributed by atoms with E-state index in [4.69, 9.17) is 9.47 Å². The average Bonchev–Trinajstić information content (AvgIpc) is 2.68. The lowest BCUT2D eigenvalue weighted by molar-refractivity contribution is -0.140. The number of piperidine rings is 1. The fourth-order valence-corrected chi connectivity index (χ4v) is 4.14. The van der Waals surface area contributed by atoms with E-state index in [1.54, 1.807) is 12.4 Å². The van der Waals surface area contributed by atoms with Gasteiger partial charge in [-0.15, -0.1) is 0 Å². The van der Waals surface area contributed by atoms with Gasteiger partial charge in [0.05, 0.1) is 18.9 Å². The molecular formula is C20H25N3O2. The molecule has 4 rings (SSSR count). The van der Waals surface area contributed by atoms with Crippen molar-refractivity contribution in [2.75, 3.05) is 26.3 Å². The molecule has 5 heteroatoms. The van der Waals surface area contributed by atoms with Crippen LogP contribution in [-0.4, -0.2) is 47.3 Å². The second kappa shape index (κ2) is 7.50. The van der Waals surface area contributed by atoms with E-state index in [9.17, 15) is 0 Å². The minimum absolute atomic E-state index is 0.0640. The predicted octanol–water partition coefficient (Wildman–Crippen LogP) is 2.93. The van der Waals surface area contributed by atoms with Gasteiger partial charge >= 0.3 is 0 Å². The maximum atomic E-state index is 6.14. The van der Waals surface area contributed by atoms with Gasteiger partial charge in [-0.1, -0.05) is 6.07 Å². The fourth-order valence-electron chi connectivity index (χ4n) is 4.14. The molecule has 0 saturated carbocycles. The first-order chi connectivity index (χ1) is 12.3. The molecule has 0 radical (unpaired) electrons. The Balaban J connectivity index is 1.47. The van der Waals surface area contributed by atoms with E-state index in [1.165, 1.54) is 5.56 Å². The number of rotatable bonds is 5. The molecule has 0 bridgehead atoms. The van der Waals surface area contributed by atoms with Gasteiger partial charge < -0.3 is 9.47 Å². The van der Waals surface area contributed by atoms with Crippen molar-refractivity contribution in [1.29, 1.82) is 0 Å². The van der Waals surface area contributed by atoms with Gasteiger partial charge in [0.25, 0.3) is 0 Å². The summed E-state index contributed by atoms with van der Waals surface area (Å²) in [6, 6.07) is 8.04. The molecule has 2 aliphatic rings. The van der Waals surface area contributed by atoms with Crippen LogP contribution >= 0.6 is 0 Å². The lowest BCUT2D eigenvalue weighted by Gasteiger charge is -2.50. The molecule has 4 heterocycles. The minimum atomic E-state index is 0.0640. The largest absolute Gasteiger partial charge is 0.491 e. The van der Waals surface area contributed by atoms with E-state index in [0.717, 1.165) is 51.3 Å². The van der Waals surface area contributed by atoms with Crippen LogP contribution in [0.5, 0.6) is 5.75 Å². The molecule has 25 heavy (non-hydrogen) atoms. The molecule has 2 atom stereocenters. The van der Waals surface area contributed by atoms with Crippen LogP contribution in [-0.2, 0) is 11.3 Å². The standard InChI is InChI=1S/C20H25N3O2/c1-4-17(12-21-8-1)14-23-10-6-19-20(15-23,7-3-11-24-19)16-25-18-5-2-9-22-13-18/h1-2,4-5,8-9,12-13,19H,3,6-7,10-11,14-16H2/t19-,20-/m0/s1. The van der Waals surface area contributed by atoms with Crippen LogP contribution in [0.15, 0.2) is 49.1 Å². The monoisotopic (exact) mass is 339 g/mol. The van der Waals surface area contributed by atoms with Crippen molar-refractivity contribution in [2.24, 2.45) is 5.41 Å². The van der Waals surface area contributed by atoms with Gasteiger partial charge in [-0.3, -0.25) is 14.9 Å². The highest BCUT2D eigenvalue weighted by molar-refractivity contribution is 5.16. The van der Waals surface area contributed by atoms with E-state index in [-0.39, 0.29) is 5.41 Å². The minimum Gasteiger partial charge on any atom is -0.491 e. The number of nitrogens with zero attached hydrogens (tertiary/aromatic N) is 3. The zero-order valence-corrected chi connectivity index (χ0v) is 14.5. The summed E-state index contributed by atoms with van der Waals surface area (Å²) in [5, 5.41) is 0. The van der Waals surface area contributed by atoms with Crippen molar-refractivity contribution in [3.05, 3.63) is 54.6 Å². The van der Waals surface area contributed by atoms with Crippen LogP contribution in [0, 0.1) is 5.41 Å². The summed E-state index contributed by atoms with van der Waals surface area (Å²) in [5.74, 6) is 0.839. The smallest absolute Gasteiger partial charge is 0.137 e. The van der Waals surface area contributed by atoms with Crippen LogP contribution in [0.2, 0.25) is 0 Å². The maximum Gasteiger partial charge on any atom is 0.137 e. The van der Waals surface area contributed by atoms with Crippen molar-refractivity contribution in [3.63, 3.8) is 0 Å². The normalized spacial score (nSPS) is 26.8. The second-order valence-corrected chi connectivity index (χ2v) is 7.16. The topological polar surface area (TPSA) is 47.5 Å². The van der Waals surface area contributed by atoms with Crippen LogP contribution < -0.4 is 4.74 Å². The van der Waals surface area contributed by atoms with Crippen LogP contribution in [0.1, 0.15) is 24.8 Å².